The molecule has 5 nitrogen and oxygen atoms in total. The summed E-state index contributed by atoms with van der Waals surface area (Å²) in [5.41, 5.74) is 2.54. The minimum Gasteiger partial charge on any atom is -0.497 e. The van der Waals surface area contributed by atoms with Crippen molar-refractivity contribution < 1.29 is 19.0 Å². The molecule has 0 bridgehead atoms. The first kappa shape index (κ1) is 18.2. The van der Waals surface area contributed by atoms with Gasteiger partial charge in [-0.05, 0) is 35.9 Å². The summed E-state index contributed by atoms with van der Waals surface area (Å²) in [5.74, 6) is 0.436. The number of ketones is 1. The zero-order chi connectivity index (χ0) is 18.7. The molecule has 4 rings (SSSR count). The minimum atomic E-state index is -0.345. The van der Waals surface area contributed by atoms with Gasteiger partial charge in [-0.2, -0.15) is 0 Å². The normalized spacial score (nSPS) is 19.3. The molecule has 0 saturated carbocycles. The highest BCUT2D eigenvalue weighted by atomic mass is 16.7. The number of hydrogen-bond donors (Lipinski definition) is 0. The molecule has 2 aliphatic rings. The molecule has 2 fully saturated rings. The van der Waals surface area contributed by atoms with E-state index in [1.54, 1.807) is 19.2 Å². The fraction of sp³-hybridized carbons (Fsp3) is 0.409. The van der Waals surface area contributed by atoms with E-state index < -0.39 is 0 Å². The van der Waals surface area contributed by atoms with E-state index in [1.165, 1.54) is 0 Å². The standard InChI is InChI=1S/C22H25NO4/c1-25-20-7-5-18(6-8-20)21(24)19-4-2-3-17(15-19)16-23-11-9-22(10-12-23)26-13-14-27-22/h2-8,15H,9-14,16H2,1H3. The van der Waals surface area contributed by atoms with E-state index >= 15 is 0 Å². The van der Waals surface area contributed by atoms with Gasteiger partial charge in [0.2, 0.25) is 0 Å². The van der Waals surface area contributed by atoms with Crippen LogP contribution < -0.4 is 4.74 Å². The van der Waals surface area contributed by atoms with Crippen LogP contribution in [0.5, 0.6) is 5.75 Å². The van der Waals surface area contributed by atoms with Gasteiger partial charge in [0, 0.05) is 43.6 Å². The average molecular weight is 367 g/mol. The second kappa shape index (κ2) is 7.80. The number of ether oxygens (including phenoxy) is 3. The summed E-state index contributed by atoms with van der Waals surface area (Å²) >= 11 is 0. The van der Waals surface area contributed by atoms with Gasteiger partial charge in [-0.15, -0.1) is 0 Å². The van der Waals surface area contributed by atoms with Gasteiger partial charge in [0.05, 0.1) is 20.3 Å². The fourth-order valence-corrected chi connectivity index (χ4v) is 3.82. The maximum absolute atomic E-state index is 12.8. The van der Waals surface area contributed by atoms with Gasteiger partial charge >= 0.3 is 0 Å². The number of hydrogen-bond acceptors (Lipinski definition) is 5. The number of rotatable bonds is 5. The number of carbonyl (C=O) groups is 1. The molecule has 2 aromatic carbocycles. The Morgan fingerprint density at radius 3 is 2.41 bits per heavy atom. The summed E-state index contributed by atoms with van der Waals surface area (Å²) in [6, 6.07) is 15.2. The molecule has 0 atom stereocenters. The van der Waals surface area contributed by atoms with E-state index in [1.807, 2.05) is 30.3 Å². The van der Waals surface area contributed by atoms with Gasteiger partial charge in [0.15, 0.2) is 11.6 Å². The number of nitrogens with zero attached hydrogens (tertiary/aromatic N) is 1. The predicted molar refractivity (Wildman–Crippen MR) is 102 cm³/mol. The summed E-state index contributed by atoms with van der Waals surface area (Å²) in [7, 11) is 1.62. The van der Waals surface area contributed by atoms with Gasteiger partial charge < -0.3 is 14.2 Å². The maximum atomic E-state index is 12.8. The molecule has 0 radical (unpaired) electrons. The summed E-state index contributed by atoms with van der Waals surface area (Å²) in [5, 5.41) is 0. The largest absolute Gasteiger partial charge is 0.497 e. The number of methoxy groups -OCH3 is 1. The highest BCUT2D eigenvalue weighted by Crippen LogP contribution is 2.31. The van der Waals surface area contributed by atoms with Gasteiger partial charge in [0.25, 0.3) is 0 Å². The van der Waals surface area contributed by atoms with E-state index in [-0.39, 0.29) is 11.6 Å². The fourth-order valence-electron chi connectivity index (χ4n) is 3.82. The first-order valence-electron chi connectivity index (χ1n) is 9.45. The van der Waals surface area contributed by atoms with Crippen LogP contribution in [0.25, 0.3) is 0 Å². The molecule has 2 heterocycles. The molecule has 0 aromatic heterocycles. The third-order valence-electron chi connectivity index (χ3n) is 5.38. The molecule has 0 unspecified atom stereocenters. The first-order chi connectivity index (χ1) is 13.2. The molecule has 2 saturated heterocycles. The summed E-state index contributed by atoms with van der Waals surface area (Å²) < 4.78 is 16.7. The second-order valence-electron chi connectivity index (χ2n) is 7.14. The quantitative estimate of drug-likeness (QED) is 0.759. The van der Waals surface area contributed by atoms with E-state index in [0.29, 0.717) is 24.3 Å². The minimum absolute atomic E-state index is 0.0323. The van der Waals surface area contributed by atoms with Crippen molar-refractivity contribution in [3.8, 4) is 5.75 Å². The molecule has 0 aliphatic carbocycles. The van der Waals surface area contributed by atoms with Crippen LogP contribution in [0, 0.1) is 0 Å². The maximum Gasteiger partial charge on any atom is 0.193 e. The van der Waals surface area contributed by atoms with Crippen LogP contribution in [-0.2, 0) is 16.0 Å². The topological polar surface area (TPSA) is 48.0 Å². The number of piperidine rings is 1. The number of likely N-dealkylation sites (tertiary alicyclic amines) is 1. The van der Waals surface area contributed by atoms with Crippen LogP contribution in [-0.4, -0.2) is 49.9 Å². The SMILES string of the molecule is COc1ccc(C(=O)c2cccc(CN3CCC4(CC3)OCCO4)c2)cc1. The molecule has 2 aliphatic heterocycles. The zero-order valence-corrected chi connectivity index (χ0v) is 15.6. The molecule has 142 valence electrons. The van der Waals surface area contributed by atoms with Crippen molar-refractivity contribution in [3.05, 3.63) is 65.2 Å². The Hall–Kier alpha value is -2.21. The Labute approximate surface area is 159 Å². The Bertz CT molecular complexity index is 786. The second-order valence-corrected chi connectivity index (χ2v) is 7.14. The Balaban J connectivity index is 1.41. The van der Waals surface area contributed by atoms with Crippen molar-refractivity contribution in [1.29, 1.82) is 0 Å². The van der Waals surface area contributed by atoms with Gasteiger partial charge in [-0.3, -0.25) is 9.69 Å². The van der Waals surface area contributed by atoms with Crippen LogP contribution in [0.3, 0.4) is 0 Å². The molecular weight excluding hydrogens is 342 g/mol. The van der Waals surface area contributed by atoms with E-state index in [2.05, 4.69) is 11.0 Å². The van der Waals surface area contributed by atoms with Crippen molar-refractivity contribution in [2.45, 2.75) is 25.2 Å². The van der Waals surface area contributed by atoms with Crippen molar-refractivity contribution >= 4 is 5.78 Å². The van der Waals surface area contributed by atoms with Crippen molar-refractivity contribution in [3.63, 3.8) is 0 Å². The van der Waals surface area contributed by atoms with Gasteiger partial charge in [0.1, 0.15) is 5.75 Å². The third kappa shape index (κ3) is 4.05. The molecule has 0 amide bonds. The lowest BCUT2D eigenvalue weighted by Crippen LogP contribution is -2.44. The molecule has 5 heteroatoms. The third-order valence-corrected chi connectivity index (χ3v) is 5.38. The number of benzene rings is 2. The van der Waals surface area contributed by atoms with Crippen LogP contribution >= 0.6 is 0 Å². The molecule has 1 spiro atoms. The highest BCUT2D eigenvalue weighted by molar-refractivity contribution is 6.09. The van der Waals surface area contributed by atoms with Gasteiger partial charge in [-0.1, -0.05) is 18.2 Å². The lowest BCUT2D eigenvalue weighted by atomic mass is 10.00. The van der Waals surface area contributed by atoms with Crippen LogP contribution in [0.1, 0.15) is 34.3 Å². The van der Waals surface area contributed by atoms with E-state index in [9.17, 15) is 4.79 Å². The first-order valence-corrected chi connectivity index (χ1v) is 9.45. The lowest BCUT2D eigenvalue weighted by molar-refractivity contribution is -0.185. The van der Waals surface area contributed by atoms with Crippen LogP contribution in [0.15, 0.2) is 48.5 Å². The Kier molecular flexibility index (Phi) is 5.25. The van der Waals surface area contributed by atoms with Crippen molar-refractivity contribution in [1.82, 2.24) is 4.90 Å². The van der Waals surface area contributed by atoms with Crippen LogP contribution in [0.4, 0.5) is 0 Å². The summed E-state index contributed by atoms with van der Waals surface area (Å²) in [6.07, 6.45) is 1.80. The number of carbonyl (C=O) groups excluding carboxylic acids is 1. The average Bonchev–Trinajstić information content (AvgIpc) is 3.18. The molecule has 27 heavy (non-hydrogen) atoms. The monoisotopic (exact) mass is 367 g/mol. The van der Waals surface area contributed by atoms with Crippen molar-refractivity contribution in [2.24, 2.45) is 0 Å². The van der Waals surface area contributed by atoms with E-state index in [0.717, 1.165) is 43.8 Å². The van der Waals surface area contributed by atoms with Crippen LogP contribution in [0.2, 0.25) is 0 Å². The predicted octanol–water partition coefficient (Wildman–Crippen LogP) is 3.27. The Morgan fingerprint density at radius 1 is 1.04 bits per heavy atom. The smallest absolute Gasteiger partial charge is 0.193 e. The molecular formula is C22H25NO4. The van der Waals surface area contributed by atoms with Gasteiger partial charge in [-0.25, -0.2) is 0 Å². The zero-order valence-electron chi connectivity index (χ0n) is 15.6. The molecule has 0 N–H and O–H groups in total. The Morgan fingerprint density at radius 2 is 1.74 bits per heavy atom. The summed E-state index contributed by atoms with van der Waals surface area (Å²) in [4.78, 5) is 15.2. The lowest BCUT2D eigenvalue weighted by Gasteiger charge is -2.37. The summed E-state index contributed by atoms with van der Waals surface area (Å²) in [6.45, 7) is 4.12. The molecule has 2 aromatic rings. The van der Waals surface area contributed by atoms with E-state index in [4.69, 9.17) is 14.2 Å². The van der Waals surface area contributed by atoms with Crippen molar-refractivity contribution in [2.75, 3.05) is 33.4 Å². The highest BCUT2D eigenvalue weighted by Gasteiger charge is 2.39.